The second kappa shape index (κ2) is 4.01. The first-order chi connectivity index (χ1) is 6.96. The standard InChI is InChI=1S/C12H16O3/c1-5-12(11(14)15-4)6-8(2)10(13)9(3)7-12/h6-7H,5H2,1-4H3. The van der Waals surface area contributed by atoms with E-state index in [1.165, 1.54) is 7.11 Å². The fourth-order valence-corrected chi connectivity index (χ4v) is 1.91. The molecule has 0 heterocycles. The van der Waals surface area contributed by atoms with Crippen molar-refractivity contribution in [2.24, 2.45) is 5.41 Å². The van der Waals surface area contributed by atoms with Crippen LogP contribution in [-0.2, 0) is 14.3 Å². The van der Waals surface area contributed by atoms with Crippen molar-refractivity contribution in [3.63, 3.8) is 0 Å². The molecule has 1 aliphatic carbocycles. The van der Waals surface area contributed by atoms with E-state index in [0.29, 0.717) is 17.6 Å². The molecule has 0 amide bonds. The average molecular weight is 208 g/mol. The molecule has 15 heavy (non-hydrogen) atoms. The third-order valence-corrected chi connectivity index (χ3v) is 2.81. The molecule has 0 bridgehead atoms. The number of hydrogen-bond donors (Lipinski definition) is 0. The maximum atomic E-state index is 11.7. The Hall–Kier alpha value is -1.38. The Kier molecular flexibility index (Phi) is 3.12. The first-order valence-electron chi connectivity index (χ1n) is 4.99. The van der Waals surface area contributed by atoms with Crippen LogP contribution >= 0.6 is 0 Å². The van der Waals surface area contributed by atoms with E-state index in [0.717, 1.165) is 0 Å². The lowest BCUT2D eigenvalue weighted by Gasteiger charge is -2.27. The molecule has 0 aromatic carbocycles. The van der Waals surface area contributed by atoms with Crippen LogP contribution in [-0.4, -0.2) is 18.9 Å². The van der Waals surface area contributed by atoms with Gasteiger partial charge in [0.05, 0.1) is 7.11 Å². The van der Waals surface area contributed by atoms with E-state index in [2.05, 4.69) is 0 Å². The largest absolute Gasteiger partial charge is 0.468 e. The van der Waals surface area contributed by atoms with Crippen LogP contribution in [0.1, 0.15) is 27.2 Å². The highest BCUT2D eigenvalue weighted by Crippen LogP contribution is 2.34. The molecule has 0 saturated carbocycles. The van der Waals surface area contributed by atoms with Crippen LogP contribution in [0.2, 0.25) is 0 Å². The van der Waals surface area contributed by atoms with Gasteiger partial charge in [0.15, 0.2) is 5.78 Å². The molecule has 1 aliphatic rings. The number of rotatable bonds is 2. The number of hydrogen-bond acceptors (Lipinski definition) is 3. The van der Waals surface area contributed by atoms with Crippen LogP contribution in [0.15, 0.2) is 23.3 Å². The van der Waals surface area contributed by atoms with Crippen LogP contribution < -0.4 is 0 Å². The van der Waals surface area contributed by atoms with Gasteiger partial charge in [0.1, 0.15) is 5.41 Å². The van der Waals surface area contributed by atoms with E-state index in [9.17, 15) is 9.59 Å². The summed E-state index contributed by atoms with van der Waals surface area (Å²) >= 11 is 0. The number of methoxy groups -OCH3 is 1. The van der Waals surface area contributed by atoms with Crippen LogP contribution in [0.4, 0.5) is 0 Å². The number of esters is 1. The van der Waals surface area contributed by atoms with Crippen LogP contribution in [0, 0.1) is 5.41 Å². The lowest BCUT2D eigenvalue weighted by Crippen LogP contribution is -2.32. The van der Waals surface area contributed by atoms with Gasteiger partial charge in [-0.2, -0.15) is 0 Å². The van der Waals surface area contributed by atoms with Gasteiger partial charge in [0, 0.05) is 0 Å². The quantitative estimate of drug-likeness (QED) is 0.652. The van der Waals surface area contributed by atoms with Gasteiger partial charge in [-0.15, -0.1) is 0 Å². The minimum absolute atomic E-state index is 0.00276. The van der Waals surface area contributed by atoms with Gasteiger partial charge in [-0.1, -0.05) is 19.1 Å². The predicted octanol–water partition coefficient (Wildman–Crippen LogP) is 2.03. The van der Waals surface area contributed by atoms with Crippen LogP contribution in [0.5, 0.6) is 0 Å². The molecule has 0 aromatic rings. The number of ketones is 1. The van der Waals surface area contributed by atoms with Gasteiger partial charge >= 0.3 is 5.97 Å². The Labute approximate surface area is 89.8 Å². The lowest BCUT2D eigenvalue weighted by atomic mass is 9.77. The zero-order chi connectivity index (χ0) is 11.6. The lowest BCUT2D eigenvalue weighted by molar-refractivity contribution is -0.147. The molecule has 0 N–H and O–H groups in total. The van der Waals surface area contributed by atoms with Gasteiger partial charge in [0.2, 0.25) is 0 Å². The van der Waals surface area contributed by atoms with Crippen molar-refractivity contribution in [3.8, 4) is 0 Å². The Morgan fingerprint density at radius 1 is 1.33 bits per heavy atom. The van der Waals surface area contributed by atoms with Crippen molar-refractivity contribution < 1.29 is 14.3 Å². The topological polar surface area (TPSA) is 43.4 Å². The Bertz CT molecular complexity index is 339. The third-order valence-electron chi connectivity index (χ3n) is 2.81. The number of allylic oxidation sites excluding steroid dienone is 2. The molecule has 0 saturated heterocycles. The van der Waals surface area contributed by atoms with Gasteiger partial charge in [0.25, 0.3) is 0 Å². The molecule has 0 aromatic heterocycles. The predicted molar refractivity (Wildman–Crippen MR) is 57.3 cm³/mol. The van der Waals surface area contributed by atoms with E-state index in [-0.39, 0.29) is 11.8 Å². The second-order valence-corrected chi connectivity index (χ2v) is 3.87. The summed E-state index contributed by atoms with van der Waals surface area (Å²) in [6.07, 6.45) is 4.00. The minimum Gasteiger partial charge on any atom is -0.468 e. The molecule has 0 unspecified atom stereocenters. The Morgan fingerprint density at radius 2 is 1.80 bits per heavy atom. The van der Waals surface area contributed by atoms with Gasteiger partial charge < -0.3 is 4.74 Å². The fraction of sp³-hybridized carbons (Fsp3) is 0.500. The van der Waals surface area contributed by atoms with Crippen LogP contribution in [0.3, 0.4) is 0 Å². The maximum absolute atomic E-state index is 11.7. The van der Waals surface area contributed by atoms with Crippen molar-refractivity contribution in [1.29, 1.82) is 0 Å². The fourth-order valence-electron chi connectivity index (χ4n) is 1.91. The van der Waals surface area contributed by atoms with E-state index in [4.69, 9.17) is 4.74 Å². The third kappa shape index (κ3) is 1.87. The summed E-state index contributed by atoms with van der Waals surface area (Å²) in [7, 11) is 1.36. The zero-order valence-corrected chi connectivity index (χ0v) is 9.59. The summed E-state index contributed by atoms with van der Waals surface area (Å²) in [6, 6.07) is 0. The summed E-state index contributed by atoms with van der Waals surface area (Å²) in [5, 5.41) is 0. The SMILES string of the molecule is CCC1(C(=O)OC)C=C(C)C(=O)C(C)=C1. The smallest absolute Gasteiger partial charge is 0.319 e. The number of carbonyl (C=O) groups is 2. The van der Waals surface area contributed by atoms with E-state index in [1.807, 2.05) is 6.92 Å². The molecule has 0 aliphatic heterocycles. The first kappa shape index (κ1) is 11.7. The minimum atomic E-state index is -0.753. The van der Waals surface area contributed by atoms with Crippen LogP contribution in [0.25, 0.3) is 0 Å². The van der Waals surface area contributed by atoms with Crippen molar-refractivity contribution in [3.05, 3.63) is 23.3 Å². The highest BCUT2D eigenvalue weighted by Gasteiger charge is 2.37. The summed E-state index contributed by atoms with van der Waals surface area (Å²) in [6.45, 7) is 5.36. The van der Waals surface area contributed by atoms with Crippen molar-refractivity contribution >= 4 is 11.8 Å². The molecule has 3 nitrogen and oxygen atoms in total. The molecule has 0 radical (unpaired) electrons. The Balaban J connectivity index is 3.23. The highest BCUT2D eigenvalue weighted by molar-refractivity contribution is 6.10. The van der Waals surface area contributed by atoms with E-state index < -0.39 is 5.41 Å². The Morgan fingerprint density at radius 3 is 2.13 bits per heavy atom. The molecular formula is C12H16O3. The normalized spacial score (nSPS) is 19.3. The molecule has 0 atom stereocenters. The van der Waals surface area contributed by atoms with Crippen molar-refractivity contribution in [1.82, 2.24) is 0 Å². The molecule has 0 spiro atoms. The van der Waals surface area contributed by atoms with Crippen molar-refractivity contribution in [2.45, 2.75) is 27.2 Å². The summed E-state index contributed by atoms with van der Waals surface area (Å²) in [5.41, 5.74) is 0.473. The molecule has 82 valence electrons. The van der Waals surface area contributed by atoms with E-state index >= 15 is 0 Å². The first-order valence-corrected chi connectivity index (χ1v) is 4.99. The van der Waals surface area contributed by atoms with Gasteiger partial charge in [-0.05, 0) is 31.4 Å². The van der Waals surface area contributed by atoms with Gasteiger partial charge in [-0.3, -0.25) is 9.59 Å². The summed E-state index contributed by atoms with van der Waals surface area (Å²) in [5.74, 6) is -0.306. The molecular weight excluding hydrogens is 192 g/mol. The van der Waals surface area contributed by atoms with E-state index in [1.54, 1.807) is 26.0 Å². The molecule has 0 fully saturated rings. The molecule has 1 rings (SSSR count). The maximum Gasteiger partial charge on any atom is 0.319 e. The zero-order valence-electron chi connectivity index (χ0n) is 9.59. The summed E-state index contributed by atoms with van der Waals surface area (Å²) < 4.78 is 4.78. The summed E-state index contributed by atoms with van der Waals surface area (Å²) in [4.78, 5) is 23.2. The average Bonchev–Trinajstić information content (AvgIpc) is 2.24. The highest BCUT2D eigenvalue weighted by atomic mass is 16.5. The van der Waals surface area contributed by atoms with Crippen molar-refractivity contribution in [2.75, 3.05) is 7.11 Å². The number of carbonyl (C=O) groups excluding carboxylic acids is 2. The monoisotopic (exact) mass is 208 g/mol. The van der Waals surface area contributed by atoms with Gasteiger partial charge in [-0.25, -0.2) is 0 Å². The number of Topliss-reactive ketones (excluding diaryl/α,β-unsaturated/α-hetero) is 1. The molecule has 3 heteroatoms. The number of ether oxygens (including phenoxy) is 1. The second-order valence-electron chi connectivity index (χ2n) is 3.87.